The Labute approximate surface area is 144 Å². The number of nitrogens with one attached hydrogen (secondary N) is 1. The fourth-order valence-electron chi connectivity index (χ4n) is 2.13. The summed E-state index contributed by atoms with van der Waals surface area (Å²) in [6.07, 6.45) is 0. The molecule has 0 saturated carbocycles. The number of methoxy groups -OCH3 is 1. The van der Waals surface area contributed by atoms with E-state index in [9.17, 15) is 4.79 Å². The van der Waals surface area contributed by atoms with Crippen LogP contribution in [0.2, 0.25) is 0 Å². The first-order chi connectivity index (χ1) is 11.0. The molecule has 2 aromatic carbocycles. The molecular weight excluding hydrogens is 358 g/mol. The number of carbonyl (C=O) groups excluding carboxylic acids is 1. The van der Waals surface area contributed by atoms with Gasteiger partial charge < -0.3 is 14.8 Å². The Morgan fingerprint density at radius 3 is 2.26 bits per heavy atom. The van der Waals surface area contributed by atoms with Gasteiger partial charge in [0.1, 0.15) is 11.5 Å². The van der Waals surface area contributed by atoms with E-state index >= 15 is 0 Å². The maximum atomic E-state index is 11.9. The average Bonchev–Trinajstić information content (AvgIpc) is 2.56. The summed E-state index contributed by atoms with van der Waals surface area (Å²) in [7, 11) is 1.62. The lowest BCUT2D eigenvalue weighted by molar-refractivity contribution is -0.123. The number of hydrogen-bond acceptors (Lipinski definition) is 3. The Morgan fingerprint density at radius 2 is 1.70 bits per heavy atom. The van der Waals surface area contributed by atoms with Gasteiger partial charge in [0, 0.05) is 11.0 Å². The predicted molar refractivity (Wildman–Crippen MR) is 94.0 cm³/mol. The summed E-state index contributed by atoms with van der Waals surface area (Å²) in [6, 6.07) is 11.4. The van der Waals surface area contributed by atoms with Crippen LogP contribution >= 0.6 is 15.9 Å². The van der Waals surface area contributed by atoms with Crippen LogP contribution in [0.1, 0.15) is 16.7 Å². The molecule has 23 heavy (non-hydrogen) atoms. The van der Waals surface area contributed by atoms with E-state index in [4.69, 9.17) is 9.47 Å². The summed E-state index contributed by atoms with van der Waals surface area (Å²) < 4.78 is 11.7. The first-order valence-corrected chi connectivity index (χ1v) is 8.08. The minimum absolute atomic E-state index is 0.00331. The maximum Gasteiger partial charge on any atom is 0.258 e. The maximum absolute atomic E-state index is 11.9. The molecule has 0 aliphatic heterocycles. The minimum Gasteiger partial charge on any atom is -0.497 e. The van der Waals surface area contributed by atoms with E-state index in [0.29, 0.717) is 12.3 Å². The third-order valence-corrected chi connectivity index (χ3v) is 4.68. The van der Waals surface area contributed by atoms with Crippen LogP contribution in [0, 0.1) is 13.8 Å². The normalized spacial score (nSPS) is 10.3. The van der Waals surface area contributed by atoms with E-state index in [1.165, 1.54) is 0 Å². The zero-order valence-corrected chi connectivity index (χ0v) is 15.1. The lowest BCUT2D eigenvalue weighted by Crippen LogP contribution is -2.28. The van der Waals surface area contributed by atoms with Gasteiger partial charge in [0.25, 0.3) is 5.91 Å². The van der Waals surface area contributed by atoms with Crippen molar-refractivity contribution < 1.29 is 14.3 Å². The number of benzene rings is 2. The first kappa shape index (κ1) is 17.3. The van der Waals surface area contributed by atoms with Crippen molar-refractivity contribution in [3.8, 4) is 11.5 Å². The van der Waals surface area contributed by atoms with Gasteiger partial charge in [-0.1, -0.05) is 28.1 Å². The van der Waals surface area contributed by atoms with Crippen molar-refractivity contribution in [2.24, 2.45) is 0 Å². The lowest BCUT2D eigenvalue weighted by atomic mass is 10.1. The second-order valence-corrected chi connectivity index (χ2v) is 6.08. The van der Waals surface area contributed by atoms with Crippen LogP contribution in [0.15, 0.2) is 40.9 Å². The third kappa shape index (κ3) is 4.99. The van der Waals surface area contributed by atoms with Gasteiger partial charge in [-0.05, 0) is 54.8 Å². The third-order valence-electron chi connectivity index (χ3n) is 3.43. The van der Waals surface area contributed by atoms with Crippen molar-refractivity contribution in [3.63, 3.8) is 0 Å². The summed E-state index contributed by atoms with van der Waals surface area (Å²) >= 11 is 3.51. The molecule has 122 valence electrons. The molecule has 0 atom stereocenters. The van der Waals surface area contributed by atoms with E-state index < -0.39 is 0 Å². The molecular formula is C18H20BrNO3. The second-order valence-electron chi connectivity index (χ2n) is 5.28. The summed E-state index contributed by atoms with van der Waals surface area (Å²) in [5, 5.41) is 2.83. The van der Waals surface area contributed by atoms with Gasteiger partial charge in [-0.2, -0.15) is 0 Å². The van der Waals surface area contributed by atoms with Crippen molar-refractivity contribution in [2.45, 2.75) is 20.4 Å². The Morgan fingerprint density at radius 1 is 1.09 bits per heavy atom. The quantitative estimate of drug-likeness (QED) is 0.833. The van der Waals surface area contributed by atoms with Crippen molar-refractivity contribution >= 4 is 21.8 Å². The Balaban J connectivity index is 1.83. The molecule has 2 aromatic rings. The van der Waals surface area contributed by atoms with Gasteiger partial charge in [-0.25, -0.2) is 0 Å². The summed E-state index contributed by atoms with van der Waals surface area (Å²) in [5.41, 5.74) is 3.17. The van der Waals surface area contributed by atoms with Crippen LogP contribution in [-0.4, -0.2) is 19.6 Å². The number of amides is 1. The molecule has 1 N–H and O–H groups in total. The largest absolute Gasteiger partial charge is 0.497 e. The standard InChI is InChI=1S/C18H20BrNO3/c1-12-8-16(9-13(2)18(12)19)23-11-17(21)20-10-14-4-6-15(22-3)7-5-14/h4-9H,10-11H2,1-3H3,(H,20,21). The van der Waals surface area contributed by atoms with E-state index in [2.05, 4.69) is 21.2 Å². The number of hydrogen-bond donors (Lipinski definition) is 1. The zero-order valence-electron chi connectivity index (χ0n) is 13.5. The zero-order chi connectivity index (χ0) is 16.8. The van der Waals surface area contributed by atoms with E-state index in [1.54, 1.807) is 7.11 Å². The molecule has 0 fully saturated rings. The first-order valence-electron chi connectivity index (χ1n) is 7.29. The summed E-state index contributed by atoms with van der Waals surface area (Å²) in [4.78, 5) is 11.9. The molecule has 0 spiro atoms. The van der Waals surface area contributed by atoms with Crippen LogP contribution in [0.4, 0.5) is 0 Å². The van der Waals surface area contributed by atoms with E-state index in [1.807, 2.05) is 50.2 Å². The lowest BCUT2D eigenvalue weighted by Gasteiger charge is -2.10. The number of halogens is 1. The van der Waals surface area contributed by atoms with Gasteiger partial charge in [-0.15, -0.1) is 0 Å². The van der Waals surface area contributed by atoms with E-state index in [-0.39, 0.29) is 12.5 Å². The molecule has 0 aromatic heterocycles. The SMILES string of the molecule is COc1ccc(CNC(=O)COc2cc(C)c(Br)c(C)c2)cc1. The molecule has 5 heteroatoms. The number of carbonyl (C=O) groups is 1. The molecule has 0 saturated heterocycles. The van der Waals surface area contributed by atoms with Crippen molar-refractivity contribution in [2.75, 3.05) is 13.7 Å². The summed E-state index contributed by atoms with van der Waals surface area (Å²) in [5.74, 6) is 1.34. The molecule has 0 aliphatic carbocycles. The fraction of sp³-hybridized carbons (Fsp3) is 0.278. The minimum atomic E-state index is -0.154. The highest BCUT2D eigenvalue weighted by molar-refractivity contribution is 9.10. The van der Waals surface area contributed by atoms with Crippen LogP contribution < -0.4 is 14.8 Å². The van der Waals surface area contributed by atoms with Gasteiger partial charge in [-0.3, -0.25) is 4.79 Å². The highest BCUT2D eigenvalue weighted by Gasteiger charge is 2.06. The molecule has 2 rings (SSSR count). The van der Waals surface area contributed by atoms with Gasteiger partial charge in [0.15, 0.2) is 6.61 Å². The Hall–Kier alpha value is -2.01. The molecule has 0 heterocycles. The van der Waals surface area contributed by atoms with Crippen LogP contribution in [-0.2, 0) is 11.3 Å². The topological polar surface area (TPSA) is 47.6 Å². The highest BCUT2D eigenvalue weighted by Crippen LogP contribution is 2.26. The van der Waals surface area contributed by atoms with E-state index in [0.717, 1.165) is 26.9 Å². The Bertz CT molecular complexity index is 660. The Kier molecular flexibility index (Phi) is 6.04. The van der Waals surface area contributed by atoms with Crippen LogP contribution in [0.25, 0.3) is 0 Å². The van der Waals surface area contributed by atoms with Crippen LogP contribution in [0.3, 0.4) is 0 Å². The molecule has 0 radical (unpaired) electrons. The second kappa shape index (κ2) is 8.02. The summed E-state index contributed by atoms with van der Waals surface area (Å²) in [6.45, 7) is 4.45. The number of ether oxygens (including phenoxy) is 2. The van der Waals surface area contributed by atoms with Crippen molar-refractivity contribution in [1.82, 2.24) is 5.32 Å². The molecule has 0 aliphatic rings. The van der Waals surface area contributed by atoms with Gasteiger partial charge in [0.05, 0.1) is 7.11 Å². The van der Waals surface area contributed by atoms with Crippen molar-refractivity contribution in [3.05, 3.63) is 57.6 Å². The number of rotatable bonds is 6. The smallest absolute Gasteiger partial charge is 0.258 e. The van der Waals surface area contributed by atoms with Gasteiger partial charge in [0.2, 0.25) is 0 Å². The molecule has 0 bridgehead atoms. The number of aryl methyl sites for hydroxylation is 2. The van der Waals surface area contributed by atoms with Crippen LogP contribution in [0.5, 0.6) is 11.5 Å². The predicted octanol–water partition coefficient (Wildman–Crippen LogP) is 3.77. The monoisotopic (exact) mass is 377 g/mol. The molecule has 1 amide bonds. The molecule has 4 nitrogen and oxygen atoms in total. The molecule has 0 unspecified atom stereocenters. The van der Waals surface area contributed by atoms with Crippen molar-refractivity contribution in [1.29, 1.82) is 0 Å². The van der Waals surface area contributed by atoms with Gasteiger partial charge >= 0.3 is 0 Å². The highest BCUT2D eigenvalue weighted by atomic mass is 79.9. The fourth-order valence-corrected chi connectivity index (χ4v) is 2.36. The average molecular weight is 378 g/mol.